The summed E-state index contributed by atoms with van der Waals surface area (Å²) in [6.07, 6.45) is 4.57. The highest BCUT2D eigenvalue weighted by molar-refractivity contribution is 7.89. The van der Waals surface area contributed by atoms with Gasteiger partial charge in [-0.3, -0.25) is 4.79 Å². The molecule has 1 amide bonds. The number of nitrogens with zero attached hydrogens (tertiary/aromatic N) is 4. The first-order valence-electron chi connectivity index (χ1n) is 10.6. The number of nitrogens with one attached hydrogen (secondary N) is 1. The van der Waals surface area contributed by atoms with Crippen LogP contribution >= 0.6 is 0 Å². The maximum atomic E-state index is 13.0. The lowest BCUT2D eigenvalue weighted by Crippen LogP contribution is -2.40. The zero-order valence-electron chi connectivity index (χ0n) is 18.6. The van der Waals surface area contributed by atoms with Crippen LogP contribution in [-0.2, 0) is 26.1 Å². The minimum Gasteiger partial charge on any atom is -0.495 e. The van der Waals surface area contributed by atoms with Gasteiger partial charge in [-0.2, -0.15) is 4.31 Å². The fourth-order valence-corrected chi connectivity index (χ4v) is 4.89. The number of hydrogen-bond donors (Lipinski definition) is 1. The van der Waals surface area contributed by atoms with Gasteiger partial charge in [0.25, 0.3) is 0 Å². The van der Waals surface area contributed by atoms with Crippen molar-refractivity contribution < 1.29 is 22.7 Å². The fraction of sp³-hybridized carbons (Fsp3) is 0.261. The van der Waals surface area contributed by atoms with E-state index in [4.69, 9.17) is 9.47 Å². The van der Waals surface area contributed by atoms with Crippen LogP contribution in [0.3, 0.4) is 0 Å². The van der Waals surface area contributed by atoms with Gasteiger partial charge >= 0.3 is 0 Å². The van der Waals surface area contributed by atoms with Gasteiger partial charge in [0.2, 0.25) is 15.9 Å². The van der Waals surface area contributed by atoms with Crippen molar-refractivity contribution in [3.63, 3.8) is 0 Å². The first-order chi connectivity index (χ1) is 16.5. The summed E-state index contributed by atoms with van der Waals surface area (Å²) in [5, 5.41) is 10.8. The Balaban J connectivity index is 1.45. The number of amides is 1. The van der Waals surface area contributed by atoms with E-state index in [0.717, 1.165) is 5.56 Å². The number of anilines is 1. The Kier molecular flexibility index (Phi) is 7.36. The van der Waals surface area contributed by atoms with Crippen LogP contribution < -0.4 is 10.1 Å². The highest BCUT2D eigenvalue weighted by Crippen LogP contribution is 2.29. The highest BCUT2D eigenvalue weighted by atomic mass is 32.2. The Morgan fingerprint density at radius 3 is 2.68 bits per heavy atom. The Bertz CT molecular complexity index is 1270. The second-order valence-electron chi connectivity index (χ2n) is 7.53. The van der Waals surface area contributed by atoms with Gasteiger partial charge in [-0.1, -0.05) is 35.5 Å². The number of hydrogen-bond acceptors (Lipinski definition) is 7. The van der Waals surface area contributed by atoms with Crippen LogP contribution in [0.5, 0.6) is 5.75 Å². The lowest BCUT2D eigenvalue weighted by atomic mass is 10.2. The van der Waals surface area contributed by atoms with Crippen LogP contribution in [-0.4, -0.2) is 67.0 Å². The van der Waals surface area contributed by atoms with Crippen molar-refractivity contribution in [2.45, 2.75) is 11.4 Å². The molecule has 0 radical (unpaired) electrons. The monoisotopic (exact) mass is 483 g/mol. The second kappa shape index (κ2) is 10.6. The lowest BCUT2D eigenvalue weighted by molar-refractivity contribution is -0.111. The minimum atomic E-state index is -3.72. The average Bonchev–Trinajstić information content (AvgIpc) is 3.31. The molecule has 11 heteroatoms. The predicted octanol–water partition coefficient (Wildman–Crippen LogP) is 2.01. The number of carbonyl (C=O) groups is 1. The Morgan fingerprint density at radius 1 is 1.18 bits per heavy atom. The smallest absolute Gasteiger partial charge is 0.248 e. The molecular weight excluding hydrogens is 458 g/mol. The van der Waals surface area contributed by atoms with Gasteiger partial charge in [0.05, 0.1) is 43.6 Å². The molecule has 34 heavy (non-hydrogen) atoms. The minimum absolute atomic E-state index is 0.0679. The van der Waals surface area contributed by atoms with Crippen molar-refractivity contribution in [3.8, 4) is 5.75 Å². The van der Waals surface area contributed by atoms with E-state index in [-0.39, 0.29) is 23.7 Å². The van der Waals surface area contributed by atoms with Gasteiger partial charge in [0, 0.05) is 19.2 Å². The molecule has 1 aliphatic heterocycles. The average molecular weight is 484 g/mol. The van der Waals surface area contributed by atoms with Crippen LogP contribution in [0.1, 0.15) is 11.3 Å². The number of aromatic nitrogens is 3. The number of morpholine rings is 1. The van der Waals surface area contributed by atoms with E-state index in [1.165, 1.54) is 41.8 Å². The van der Waals surface area contributed by atoms with Gasteiger partial charge in [-0.25, -0.2) is 13.1 Å². The molecule has 1 N–H and O–H groups in total. The molecule has 0 unspecified atom stereocenters. The number of carbonyl (C=O) groups excluding carboxylic acids is 1. The predicted molar refractivity (Wildman–Crippen MR) is 126 cm³/mol. The summed E-state index contributed by atoms with van der Waals surface area (Å²) in [5.41, 5.74) is 1.85. The maximum absolute atomic E-state index is 13.0. The van der Waals surface area contributed by atoms with E-state index >= 15 is 0 Å². The molecule has 0 saturated carbocycles. The molecule has 1 fully saturated rings. The normalized spacial score (nSPS) is 14.9. The fourth-order valence-electron chi connectivity index (χ4n) is 3.45. The lowest BCUT2D eigenvalue weighted by Gasteiger charge is -2.26. The van der Waals surface area contributed by atoms with Crippen molar-refractivity contribution in [1.82, 2.24) is 19.3 Å². The van der Waals surface area contributed by atoms with Crippen LogP contribution in [0.25, 0.3) is 6.08 Å². The van der Waals surface area contributed by atoms with Crippen molar-refractivity contribution in [1.29, 1.82) is 0 Å². The number of rotatable bonds is 8. The van der Waals surface area contributed by atoms with E-state index in [0.29, 0.717) is 31.2 Å². The molecule has 1 aromatic heterocycles. The molecule has 4 rings (SSSR count). The third kappa shape index (κ3) is 5.68. The van der Waals surface area contributed by atoms with E-state index < -0.39 is 15.9 Å². The summed E-state index contributed by atoms with van der Waals surface area (Å²) < 4.78 is 39.5. The third-order valence-electron chi connectivity index (χ3n) is 5.19. The first kappa shape index (κ1) is 23.6. The van der Waals surface area contributed by atoms with Crippen molar-refractivity contribution >= 4 is 27.7 Å². The Morgan fingerprint density at radius 2 is 1.94 bits per heavy atom. The van der Waals surface area contributed by atoms with Crippen molar-refractivity contribution in [2.75, 3.05) is 38.7 Å². The Hall–Kier alpha value is -3.54. The topological polar surface area (TPSA) is 116 Å². The molecule has 0 bridgehead atoms. The molecule has 0 aliphatic carbocycles. The molecular formula is C23H25N5O5S. The molecule has 0 atom stereocenters. The van der Waals surface area contributed by atoms with Gasteiger partial charge in [0.15, 0.2) is 0 Å². The van der Waals surface area contributed by atoms with E-state index in [9.17, 15) is 13.2 Å². The SMILES string of the molecule is COc1ccc(S(=O)(=O)N2CCOCC2)cc1NC(=O)/C=C/c1cn(Cc2ccccc2)nn1. The number of benzene rings is 2. The number of ether oxygens (including phenoxy) is 2. The van der Waals surface area contributed by atoms with Crippen LogP contribution in [0.15, 0.2) is 65.7 Å². The number of sulfonamides is 1. The molecule has 178 valence electrons. The van der Waals surface area contributed by atoms with Crippen molar-refractivity contribution in [3.05, 3.63) is 72.1 Å². The summed E-state index contributed by atoms with van der Waals surface area (Å²) in [5.74, 6) is -0.117. The Labute approximate surface area is 197 Å². The van der Waals surface area contributed by atoms with Gasteiger partial charge < -0.3 is 14.8 Å². The maximum Gasteiger partial charge on any atom is 0.248 e. The molecule has 3 aromatic rings. The molecule has 2 aromatic carbocycles. The van der Waals surface area contributed by atoms with Gasteiger partial charge in [0.1, 0.15) is 11.4 Å². The standard InChI is InChI=1S/C23H25N5O5S/c1-32-22-9-8-20(34(30,31)28-11-13-33-14-12-28)15-21(22)24-23(29)10-7-19-17-27(26-25-19)16-18-5-3-2-4-6-18/h2-10,15,17H,11-14,16H2,1H3,(H,24,29)/b10-7+. The molecule has 10 nitrogen and oxygen atoms in total. The van der Waals surface area contributed by atoms with E-state index in [2.05, 4.69) is 15.6 Å². The molecule has 1 aliphatic rings. The third-order valence-corrected chi connectivity index (χ3v) is 7.08. The number of methoxy groups -OCH3 is 1. The zero-order chi connectivity index (χ0) is 24.0. The summed E-state index contributed by atoms with van der Waals surface area (Å²) in [6.45, 7) is 1.82. The summed E-state index contributed by atoms with van der Waals surface area (Å²) in [7, 11) is -2.27. The van der Waals surface area contributed by atoms with Crippen LogP contribution in [0, 0.1) is 0 Å². The van der Waals surface area contributed by atoms with E-state index in [1.807, 2.05) is 30.3 Å². The summed E-state index contributed by atoms with van der Waals surface area (Å²) in [6, 6.07) is 14.2. The quantitative estimate of drug-likeness (QED) is 0.487. The molecule has 0 spiro atoms. The van der Waals surface area contributed by atoms with Crippen molar-refractivity contribution in [2.24, 2.45) is 0 Å². The molecule has 2 heterocycles. The second-order valence-corrected chi connectivity index (χ2v) is 9.47. The first-order valence-corrected chi connectivity index (χ1v) is 12.1. The largest absolute Gasteiger partial charge is 0.495 e. The molecule has 1 saturated heterocycles. The van der Waals surface area contributed by atoms with Gasteiger partial charge in [-0.05, 0) is 29.8 Å². The van der Waals surface area contributed by atoms with Crippen LogP contribution in [0.4, 0.5) is 5.69 Å². The zero-order valence-corrected chi connectivity index (χ0v) is 19.4. The summed E-state index contributed by atoms with van der Waals surface area (Å²) >= 11 is 0. The highest BCUT2D eigenvalue weighted by Gasteiger charge is 2.27. The van der Waals surface area contributed by atoms with Gasteiger partial charge in [-0.15, -0.1) is 5.10 Å². The van der Waals surface area contributed by atoms with Crippen LogP contribution in [0.2, 0.25) is 0 Å². The van der Waals surface area contributed by atoms with E-state index in [1.54, 1.807) is 10.9 Å². The summed E-state index contributed by atoms with van der Waals surface area (Å²) in [4.78, 5) is 12.6.